The molecule has 0 saturated heterocycles. The van der Waals surface area contributed by atoms with Crippen LogP contribution in [0.4, 0.5) is 4.39 Å². The third-order valence-electron chi connectivity index (χ3n) is 7.09. The Bertz CT molecular complexity index is 1170. The third-order valence-corrected chi connectivity index (χ3v) is 7.09. The van der Waals surface area contributed by atoms with E-state index in [2.05, 4.69) is 16.6 Å². The Balaban J connectivity index is 1.50. The van der Waals surface area contributed by atoms with Gasteiger partial charge in [0.15, 0.2) is 11.6 Å². The summed E-state index contributed by atoms with van der Waals surface area (Å²) < 4.78 is 20.2. The number of benzene rings is 2. The molecule has 5 rings (SSSR count). The number of nitrogens with one attached hydrogen (secondary N) is 2. The van der Waals surface area contributed by atoms with Crippen LogP contribution in [0.25, 0.3) is 0 Å². The van der Waals surface area contributed by atoms with E-state index in [9.17, 15) is 19.1 Å². The number of amides is 2. The monoisotopic (exact) mass is 507 g/mol. The van der Waals surface area contributed by atoms with Gasteiger partial charge >= 0.3 is 0 Å². The molecule has 1 fully saturated rings. The zero-order chi connectivity index (χ0) is 26.4. The molecule has 3 aliphatic rings. The van der Waals surface area contributed by atoms with Crippen molar-refractivity contribution in [2.45, 2.75) is 56.2 Å². The van der Waals surface area contributed by atoms with E-state index < -0.39 is 18.0 Å². The van der Waals surface area contributed by atoms with E-state index in [4.69, 9.17) is 11.2 Å². The zero-order valence-electron chi connectivity index (χ0n) is 21.1. The predicted octanol–water partition coefficient (Wildman–Crippen LogP) is 2.50. The molecule has 0 radical (unpaired) electrons. The lowest BCUT2D eigenvalue weighted by atomic mass is 9.98. The number of ether oxygens (including phenoxy) is 1. The molecule has 2 unspecified atom stereocenters. The molecule has 7 nitrogen and oxygen atoms in total. The van der Waals surface area contributed by atoms with Gasteiger partial charge < -0.3 is 25.4 Å². The average molecular weight is 508 g/mol. The van der Waals surface area contributed by atoms with Crippen LogP contribution < -0.4 is 15.4 Å². The van der Waals surface area contributed by atoms with Crippen molar-refractivity contribution in [3.05, 3.63) is 65.0 Å². The first-order valence-electron chi connectivity index (χ1n) is 12.7. The predicted molar refractivity (Wildman–Crippen MR) is 138 cm³/mol. The van der Waals surface area contributed by atoms with Crippen LogP contribution >= 0.6 is 0 Å². The molecule has 2 aromatic carbocycles. The first-order chi connectivity index (χ1) is 17.8. The zero-order valence-corrected chi connectivity index (χ0v) is 21.1. The van der Waals surface area contributed by atoms with Crippen molar-refractivity contribution in [2.75, 3.05) is 26.7 Å². The number of nitrogens with zero attached hydrogens (tertiary/aromatic N) is 1. The fourth-order valence-corrected chi connectivity index (χ4v) is 4.67. The van der Waals surface area contributed by atoms with Crippen molar-refractivity contribution in [1.29, 1.82) is 0 Å². The number of hydrogen-bond acceptors (Lipinski definition) is 5. The molecular formula is C29H34FN3O4. The molecule has 1 aliphatic carbocycles. The molecule has 0 aromatic heterocycles. The lowest BCUT2D eigenvalue weighted by molar-refractivity contribution is -0.135. The summed E-state index contributed by atoms with van der Waals surface area (Å²) in [4.78, 5) is 26.6. The molecular weight excluding hydrogens is 473 g/mol. The molecule has 2 amide bonds. The lowest BCUT2D eigenvalue weighted by Crippen LogP contribution is -2.52. The van der Waals surface area contributed by atoms with E-state index in [0.717, 1.165) is 24.0 Å². The highest BCUT2D eigenvalue weighted by Crippen LogP contribution is 2.45. The van der Waals surface area contributed by atoms with Crippen molar-refractivity contribution in [1.82, 2.24) is 15.5 Å². The number of halogens is 1. The Labute approximate surface area is 217 Å². The van der Waals surface area contributed by atoms with Gasteiger partial charge in [0, 0.05) is 31.1 Å². The van der Waals surface area contributed by atoms with Gasteiger partial charge in [-0.3, -0.25) is 9.59 Å². The number of carbonyl (C=O) groups is 2. The topological polar surface area (TPSA) is 90.9 Å². The first kappa shape index (κ1) is 26.6. The summed E-state index contributed by atoms with van der Waals surface area (Å²) in [5.41, 5.74) is 2.21. The van der Waals surface area contributed by atoms with Crippen LogP contribution in [-0.4, -0.2) is 60.7 Å². The summed E-state index contributed by atoms with van der Waals surface area (Å²) in [6.45, 7) is 0.387. The van der Waals surface area contributed by atoms with Crippen LogP contribution in [0.5, 0.6) is 5.75 Å². The Morgan fingerprint density at radius 3 is 2.81 bits per heavy atom. The average Bonchev–Trinajstić information content (AvgIpc) is 3.68. The first-order valence-corrected chi connectivity index (χ1v) is 12.7. The Hall–Kier alpha value is -3.41. The molecule has 37 heavy (non-hydrogen) atoms. The van der Waals surface area contributed by atoms with Gasteiger partial charge in [0.1, 0.15) is 0 Å². The summed E-state index contributed by atoms with van der Waals surface area (Å²) in [6, 6.07) is 11.8. The molecule has 2 aliphatic heterocycles. The van der Waals surface area contributed by atoms with Gasteiger partial charge in [0.25, 0.3) is 0 Å². The van der Waals surface area contributed by atoms with Gasteiger partial charge in [-0.1, -0.05) is 24.1 Å². The van der Waals surface area contributed by atoms with Gasteiger partial charge in [0.2, 0.25) is 11.8 Å². The summed E-state index contributed by atoms with van der Waals surface area (Å²) in [7, 11) is 1.59. The van der Waals surface area contributed by atoms with Crippen LogP contribution in [-0.2, 0) is 21.5 Å². The van der Waals surface area contributed by atoms with Gasteiger partial charge in [0.05, 0.1) is 25.3 Å². The van der Waals surface area contributed by atoms with E-state index in [1.54, 1.807) is 19.2 Å². The number of aliphatic hydroxyl groups excluding tert-OH is 1. The van der Waals surface area contributed by atoms with E-state index in [1.165, 1.54) is 11.0 Å². The summed E-state index contributed by atoms with van der Waals surface area (Å²) in [5, 5.41) is 17.5. The fourth-order valence-electron chi connectivity index (χ4n) is 4.67. The maximum atomic E-state index is 14.7. The van der Waals surface area contributed by atoms with Gasteiger partial charge in [-0.25, -0.2) is 4.39 Å². The molecule has 3 N–H and O–H groups in total. The second-order valence-corrected chi connectivity index (χ2v) is 9.95. The summed E-state index contributed by atoms with van der Waals surface area (Å²) in [5.74, 6) is 1.77. The molecule has 0 spiro atoms. The lowest BCUT2D eigenvalue weighted by Gasteiger charge is -2.28. The van der Waals surface area contributed by atoms with Gasteiger partial charge in [-0.15, -0.1) is 6.42 Å². The Morgan fingerprint density at radius 1 is 1.27 bits per heavy atom. The number of aliphatic hydroxyl groups is 1. The molecule has 2 bridgehead atoms. The third kappa shape index (κ3) is 6.88. The van der Waals surface area contributed by atoms with Crippen LogP contribution in [0.1, 0.15) is 48.8 Å². The largest absolute Gasteiger partial charge is 0.491 e. The summed E-state index contributed by atoms with van der Waals surface area (Å²) >= 11 is 0. The minimum Gasteiger partial charge on any atom is -0.491 e. The fraction of sp³-hybridized carbons (Fsp3) is 0.448. The van der Waals surface area contributed by atoms with Crippen molar-refractivity contribution in [2.24, 2.45) is 0 Å². The van der Waals surface area contributed by atoms with Crippen LogP contribution in [0.3, 0.4) is 0 Å². The van der Waals surface area contributed by atoms with Crippen molar-refractivity contribution in [3.63, 3.8) is 0 Å². The second-order valence-electron chi connectivity index (χ2n) is 9.95. The number of fused-ring (bicyclic) bond motifs is 13. The maximum absolute atomic E-state index is 14.7. The van der Waals surface area contributed by atoms with E-state index in [1.807, 2.05) is 24.3 Å². The SMILES string of the molecule is C#Cc1cccc(C2(NCC(O)C3Cc4ccc(c(F)c4)OCCCCC(=O)N(C)CC(=O)N3)CC2)c1. The highest BCUT2D eigenvalue weighted by molar-refractivity contribution is 5.84. The number of carbonyl (C=O) groups excluding carboxylic acids is 2. The van der Waals surface area contributed by atoms with Crippen LogP contribution in [0.2, 0.25) is 0 Å². The molecule has 196 valence electrons. The quantitative estimate of drug-likeness (QED) is 0.541. The highest BCUT2D eigenvalue weighted by Gasteiger charge is 2.44. The van der Waals surface area contributed by atoms with Gasteiger partial charge in [-0.05, 0) is 67.5 Å². The standard InChI is InChI=1S/C29H34FN3O4/c1-3-20-7-6-8-22(15-20)29(12-13-29)31-18-25(34)24-17-21-10-11-26(23(30)16-21)37-14-5-4-9-28(36)33(2)19-27(35)32-24/h1,6-8,10-11,15-16,24-25,31,34H,4-5,9,12-14,17-19H2,2H3,(H,32,35). The number of rotatable bonds is 5. The van der Waals surface area contributed by atoms with Crippen molar-refractivity contribution < 1.29 is 23.8 Å². The van der Waals surface area contributed by atoms with Crippen molar-refractivity contribution in [3.8, 4) is 18.1 Å². The van der Waals surface area contributed by atoms with Crippen molar-refractivity contribution >= 4 is 11.8 Å². The van der Waals surface area contributed by atoms with Crippen LogP contribution in [0.15, 0.2) is 42.5 Å². The molecule has 8 heteroatoms. The molecule has 2 heterocycles. The van der Waals surface area contributed by atoms with E-state index in [-0.39, 0.29) is 49.0 Å². The van der Waals surface area contributed by atoms with Crippen LogP contribution in [0, 0.1) is 18.2 Å². The minimum absolute atomic E-state index is 0.123. The maximum Gasteiger partial charge on any atom is 0.239 e. The van der Waals surface area contributed by atoms with E-state index >= 15 is 0 Å². The Morgan fingerprint density at radius 2 is 2.08 bits per heavy atom. The molecule has 2 atom stereocenters. The number of terminal acetylenes is 1. The molecule has 1 saturated carbocycles. The Kier molecular flexibility index (Phi) is 8.47. The van der Waals surface area contributed by atoms with E-state index in [0.29, 0.717) is 25.0 Å². The minimum atomic E-state index is -0.962. The number of hydrogen-bond donors (Lipinski definition) is 3. The number of likely N-dealkylation sites (N-methyl/N-ethyl adjacent to an activating group) is 1. The normalized spacial score (nSPS) is 21.0. The summed E-state index contributed by atoms with van der Waals surface area (Å²) in [6.07, 6.45) is 8.06. The molecule has 2 aromatic rings. The smallest absolute Gasteiger partial charge is 0.239 e. The second kappa shape index (κ2) is 11.8. The highest BCUT2D eigenvalue weighted by atomic mass is 19.1. The van der Waals surface area contributed by atoms with Gasteiger partial charge in [-0.2, -0.15) is 0 Å².